The molecule has 2 amide bonds. The SMILES string of the molecule is CCOC(=O)[C@H](Cc1ccc(OC)cc1)NC(=O)C1(NC(=O)[C@@H](S)C(C)C)CCCC1. The van der Waals surface area contributed by atoms with Crippen LogP contribution in [0.15, 0.2) is 24.3 Å². The predicted molar refractivity (Wildman–Crippen MR) is 122 cm³/mol. The number of carbonyl (C=O) groups excluding carboxylic acids is 3. The minimum Gasteiger partial charge on any atom is -0.497 e. The van der Waals surface area contributed by atoms with Crippen LogP contribution in [-0.2, 0) is 25.5 Å². The van der Waals surface area contributed by atoms with Gasteiger partial charge in [0.05, 0.1) is 19.0 Å². The first-order valence-corrected chi connectivity index (χ1v) is 11.3. The summed E-state index contributed by atoms with van der Waals surface area (Å²) in [6, 6.07) is 6.44. The lowest BCUT2D eigenvalue weighted by atomic mass is 9.94. The average molecular weight is 451 g/mol. The smallest absolute Gasteiger partial charge is 0.328 e. The summed E-state index contributed by atoms with van der Waals surface area (Å²) in [5.41, 5.74) is -0.170. The molecule has 1 aromatic carbocycles. The van der Waals surface area contributed by atoms with Gasteiger partial charge in [-0.15, -0.1) is 0 Å². The van der Waals surface area contributed by atoms with E-state index in [-0.39, 0.29) is 30.8 Å². The molecular weight excluding hydrogens is 416 g/mol. The van der Waals surface area contributed by atoms with E-state index < -0.39 is 22.8 Å². The number of rotatable bonds is 10. The second kappa shape index (κ2) is 11.4. The molecule has 2 atom stereocenters. The van der Waals surface area contributed by atoms with Crippen LogP contribution in [0.1, 0.15) is 52.0 Å². The van der Waals surface area contributed by atoms with Crippen LogP contribution < -0.4 is 15.4 Å². The van der Waals surface area contributed by atoms with Gasteiger partial charge in [0.15, 0.2) is 0 Å². The first-order valence-electron chi connectivity index (χ1n) is 10.8. The zero-order chi connectivity index (χ0) is 23.0. The van der Waals surface area contributed by atoms with E-state index in [1.165, 1.54) is 0 Å². The third-order valence-electron chi connectivity index (χ3n) is 5.63. The van der Waals surface area contributed by atoms with Crippen LogP contribution in [-0.4, -0.2) is 48.3 Å². The third kappa shape index (κ3) is 6.63. The Balaban J connectivity index is 2.18. The van der Waals surface area contributed by atoms with Crippen LogP contribution >= 0.6 is 12.6 Å². The molecule has 2 rings (SSSR count). The van der Waals surface area contributed by atoms with Crippen LogP contribution in [0.3, 0.4) is 0 Å². The lowest BCUT2D eigenvalue weighted by molar-refractivity contribution is -0.148. The van der Waals surface area contributed by atoms with Crippen molar-refractivity contribution >= 4 is 30.4 Å². The molecule has 0 saturated heterocycles. The second-order valence-electron chi connectivity index (χ2n) is 8.30. The molecule has 0 heterocycles. The summed E-state index contributed by atoms with van der Waals surface area (Å²) >= 11 is 4.38. The van der Waals surface area contributed by atoms with E-state index >= 15 is 0 Å². The largest absolute Gasteiger partial charge is 0.497 e. The summed E-state index contributed by atoms with van der Waals surface area (Å²) in [5, 5.41) is 5.27. The van der Waals surface area contributed by atoms with Crippen LogP contribution in [0.4, 0.5) is 0 Å². The first kappa shape index (κ1) is 25.0. The van der Waals surface area contributed by atoms with E-state index in [1.54, 1.807) is 26.2 Å². The van der Waals surface area contributed by atoms with Crippen molar-refractivity contribution in [1.29, 1.82) is 0 Å². The van der Waals surface area contributed by atoms with Gasteiger partial charge in [0.2, 0.25) is 11.8 Å². The molecule has 1 fully saturated rings. The molecule has 0 unspecified atom stereocenters. The zero-order valence-corrected chi connectivity index (χ0v) is 19.7. The Hall–Kier alpha value is -2.22. The molecule has 172 valence electrons. The molecule has 0 aromatic heterocycles. The second-order valence-corrected chi connectivity index (χ2v) is 8.85. The maximum absolute atomic E-state index is 13.3. The highest BCUT2D eigenvalue weighted by Gasteiger charge is 2.44. The summed E-state index contributed by atoms with van der Waals surface area (Å²) in [5.74, 6) is -0.375. The summed E-state index contributed by atoms with van der Waals surface area (Å²) in [6.07, 6.45) is 2.99. The van der Waals surface area contributed by atoms with Crippen molar-refractivity contribution in [1.82, 2.24) is 10.6 Å². The standard InChI is InChI=1S/C23H34N2O5S/c1-5-30-21(27)18(14-16-8-10-17(29-4)11-9-16)24-22(28)23(12-6-7-13-23)25-20(26)19(31)15(2)3/h8-11,15,18-19,31H,5-7,12-14H2,1-4H3,(H,24,28)(H,25,26)/t18-,19-/m0/s1. The number of ether oxygens (including phenoxy) is 2. The van der Waals surface area contributed by atoms with Gasteiger partial charge in [0.1, 0.15) is 17.3 Å². The number of hydrogen-bond donors (Lipinski definition) is 3. The van der Waals surface area contributed by atoms with Crippen molar-refractivity contribution in [2.75, 3.05) is 13.7 Å². The van der Waals surface area contributed by atoms with E-state index in [0.29, 0.717) is 18.6 Å². The molecule has 31 heavy (non-hydrogen) atoms. The zero-order valence-electron chi connectivity index (χ0n) is 18.8. The number of benzene rings is 1. The lowest BCUT2D eigenvalue weighted by Gasteiger charge is -2.32. The monoisotopic (exact) mass is 450 g/mol. The van der Waals surface area contributed by atoms with E-state index in [4.69, 9.17) is 9.47 Å². The molecule has 2 N–H and O–H groups in total. The lowest BCUT2D eigenvalue weighted by Crippen LogP contribution is -2.61. The van der Waals surface area contributed by atoms with Crippen molar-refractivity contribution in [3.63, 3.8) is 0 Å². The van der Waals surface area contributed by atoms with Gasteiger partial charge >= 0.3 is 5.97 Å². The van der Waals surface area contributed by atoms with Gasteiger partial charge in [-0.1, -0.05) is 38.8 Å². The Morgan fingerprint density at radius 1 is 1.13 bits per heavy atom. The minimum absolute atomic E-state index is 0.0344. The first-order chi connectivity index (χ1) is 14.7. The molecule has 1 saturated carbocycles. The fourth-order valence-electron chi connectivity index (χ4n) is 3.73. The van der Waals surface area contributed by atoms with Gasteiger partial charge in [0.25, 0.3) is 0 Å². The fraction of sp³-hybridized carbons (Fsp3) is 0.609. The highest BCUT2D eigenvalue weighted by molar-refractivity contribution is 7.81. The van der Waals surface area contributed by atoms with E-state index in [0.717, 1.165) is 18.4 Å². The third-order valence-corrected chi connectivity index (χ3v) is 6.46. The van der Waals surface area contributed by atoms with Gasteiger partial charge in [0, 0.05) is 6.42 Å². The summed E-state index contributed by atoms with van der Waals surface area (Å²) in [6.45, 7) is 5.75. The quantitative estimate of drug-likeness (QED) is 0.376. The number of thiol groups is 1. The van der Waals surface area contributed by atoms with E-state index in [2.05, 4.69) is 23.3 Å². The van der Waals surface area contributed by atoms with Crippen molar-refractivity contribution in [3.05, 3.63) is 29.8 Å². The summed E-state index contributed by atoms with van der Waals surface area (Å²) < 4.78 is 10.4. The van der Waals surface area contributed by atoms with Gasteiger partial charge in [-0.2, -0.15) is 12.6 Å². The van der Waals surface area contributed by atoms with Gasteiger partial charge in [-0.25, -0.2) is 4.79 Å². The Labute approximate surface area is 190 Å². The number of amides is 2. The van der Waals surface area contributed by atoms with Crippen LogP contribution in [0.2, 0.25) is 0 Å². The Bertz CT molecular complexity index is 760. The molecule has 0 aliphatic heterocycles. The predicted octanol–water partition coefficient (Wildman–Crippen LogP) is 2.67. The average Bonchev–Trinajstić information content (AvgIpc) is 3.22. The molecule has 0 bridgehead atoms. The number of nitrogens with one attached hydrogen (secondary N) is 2. The van der Waals surface area contributed by atoms with Crippen LogP contribution in [0, 0.1) is 5.92 Å². The molecule has 7 nitrogen and oxygen atoms in total. The molecular formula is C23H34N2O5S. The van der Waals surface area contributed by atoms with Crippen molar-refractivity contribution in [2.45, 2.75) is 69.7 Å². The van der Waals surface area contributed by atoms with Gasteiger partial charge < -0.3 is 20.1 Å². The Kier molecular flexibility index (Phi) is 9.22. The molecule has 0 spiro atoms. The molecule has 1 aliphatic carbocycles. The van der Waals surface area contributed by atoms with Crippen LogP contribution in [0.25, 0.3) is 0 Å². The molecule has 1 aliphatic rings. The van der Waals surface area contributed by atoms with Crippen molar-refractivity contribution in [2.24, 2.45) is 5.92 Å². The summed E-state index contributed by atoms with van der Waals surface area (Å²) in [7, 11) is 1.58. The maximum atomic E-state index is 13.3. The fourth-order valence-corrected chi connectivity index (χ4v) is 3.79. The Morgan fingerprint density at radius 2 is 1.74 bits per heavy atom. The van der Waals surface area contributed by atoms with Crippen LogP contribution in [0.5, 0.6) is 5.75 Å². The highest BCUT2D eigenvalue weighted by atomic mass is 32.1. The normalized spacial score (nSPS) is 17.0. The van der Waals surface area contributed by atoms with Gasteiger partial charge in [-0.3, -0.25) is 9.59 Å². The molecule has 0 radical (unpaired) electrons. The number of methoxy groups -OCH3 is 1. The molecule has 1 aromatic rings. The molecule has 8 heteroatoms. The Morgan fingerprint density at radius 3 is 2.26 bits per heavy atom. The highest BCUT2D eigenvalue weighted by Crippen LogP contribution is 2.31. The van der Waals surface area contributed by atoms with Crippen molar-refractivity contribution < 1.29 is 23.9 Å². The van der Waals surface area contributed by atoms with E-state index in [9.17, 15) is 14.4 Å². The number of hydrogen-bond acceptors (Lipinski definition) is 6. The number of esters is 1. The number of carbonyl (C=O) groups is 3. The maximum Gasteiger partial charge on any atom is 0.328 e. The minimum atomic E-state index is -1.03. The summed E-state index contributed by atoms with van der Waals surface area (Å²) in [4.78, 5) is 38.6. The van der Waals surface area contributed by atoms with Gasteiger partial charge in [-0.05, 0) is 43.4 Å². The van der Waals surface area contributed by atoms with Crippen molar-refractivity contribution in [3.8, 4) is 5.75 Å². The topological polar surface area (TPSA) is 93.7 Å². The van der Waals surface area contributed by atoms with E-state index in [1.807, 2.05) is 26.0 Å².